The third-order valence-corrected chi connectivity index (χ3v) is 5.62. The molecule has 7 heteroatoms. The summed E-state index contributed by atoms with van der Waals surface area (Å²) in [6.07, 6.45) is 3.00. The van der Waals surface area contributed by atoms with Gasteiger partial charge in [0.1, 0.15) is 0 Å². The number of aromatic nitrogens is 1. The van der Waals surface area contributed by atoms with Gasteiger partial charge in [0.25, 0.3) is 5.91 Å². The lowest BCUT2D eigenvalue weighted by Gasteiger charge is -2.37. The molecule has 1 N–H and O–H groups in total. The summed E-state index contributed by atoms with van der Waals surface area (Å²) in [5.74, 6) is -0.664. The predicted octanol–water partition coefficient (Wildman–Crippen LogP) is 2.41. The number of fused-ring (bicyclic) bond motifs is 1. The Morgan fingerprint density at radius 1 is 1.52 bits per heavy atom. The van der Waals surface area contributed by atoms with Crippen LogP contribution in [0.25, 0.3) is 0 Å². The molecule has 4 atom stereocenters. The minimum absolute atomic E-state index is 0.0119. The summed E-state index contributed by atoms with van der Waals surface area (Å²) in [4.78, 5) is 30.7. The molecule has 6 nitrogen and oxygen atoms in total. The normalized spacial score (nSPS) is 24.1. The minimum atomic E-state index is -0.764. The fraction of sp³-hybridized carbons (Fsp3) is 0.550. The van der Waals surface area contributed by atoms with E-state index in [1.807, 2.05) is 18.7 Å². The number of methoxy groups -OCH3 is 1. The molecule has 1 saturated carbocycles. The number of nitrogens with one attached hydrogen (secondary N) is 1. The molecular weight excluding hydrogens is 349 g/mol. The SMILES string of the molecule is C=C(C)CC(C)C(=O)N1C[C@@H]2C[C@H]1[C@@H]2CNC(=O)c1nccc(OC)c1F. The Bertz CT molecular complexity index is 767. The van der Waals surface area contributed by atoms with Gasteiger partial charge in [-0.25, -0.2) is 9.37 Å². The van der Waals surface area contributed by atoms with Crippen LogP contribution in [0.5, 0.6) is 5.75 Å². The topological polar surface area (TPSA) is 71.5 Å². The highest BCUT2D eigenvalue weighted by atomic mass is 19.1. The van der Waals surface area contributed by atoms with Crippen molar-refractivity contribution in [3.05, 3.63) is 35.9 Å². The Balaban J connectivity index is 1.57. The molecule has 1 aromatic heterocycles. The molecule has 146 valence electrons. The van der Waals surface area contributed by atoms with E-state index < -0.39 is 11.7 Å². The van der Waals surface area contributed by atoms with Crippen molar-refractivity contribution in [3.63, 3.8) is 0 Å². The van der Waals surface area contributed by atoms with Gasteiger partial charge in [-0.15, -0.1) is 6.58 Å². The van der Waals surface area contributed by atoms with Gasteiger partial charge in [-0.1, -0.05) is 12.5 Å². The van der Waals surface area contributed by atoms with E-state index in [4.69, 9.17) is 4.74 Å². The molecule has 1 aliphatic carbocycles. The van der Waals surface area contributed by atoms with Gasteiger partial charge in [0.15, 0.2) is 17.3 Å². The highest BCUT2D eigenvalue weighted by Crippen LogP contribution is 2.46. The van der Waals surface area contributed by atoms with Crippen LogP contribution in [-0.4, -0.2) is 47.9 Å². The van der Waals surface area contributed by atoms with E-state index in [9.17, 15) is 14.0 Å². The molecule has 4 rings (SSSR count). The molecule has 2 saturated heterocycles. The van der Waals surface area contributed by atoms with E-state index in [0.29, 0.717) is 18.9 Å². The zero-order valence-electron chi connectivity index (χ0n) is 16.0. The summed E-state index contributed by atoms with van der Waals surface area (Å²) >= 11 is 0. The van der Waals surface area contributed by atoms with Gasteiger partial charge in [-0.3, -0.25) is 9.59 Å². The van der Waals surface area contributed by atoms with Crippen LogP contribution < -0.4 is 10.1 Å². The Hall–Kier alpha value is -2.44. The van der Waals surface area contributed by atoms with Crippen LogP contribution in [0.3, 0.4) is 0 Å². The Morgan fingerprint density at radius 2 is 2.26 bits per heavy atom. The lowest BCUT2D eigenvalue weighted by atomic mass is 9.73. The summed E-state index contributed by atoms with van der Waals surface area (Å²) < 4.78 is 19.0. The third kappa shape index (κ3) is 3.68. The van der Waals surface area contributed by atoms with Crippen molar-refractivity contribution < 1.29 is 18.7 Å². The number of amides is 2. The maximum atomic E-state index is 14.2. The first-order chi connectivity index (χ1) is 12.8. The van der Waals surface area contributed by atoms with Crippen LogP contribution in [0, 0.1) is 23.6 Å². The standard InChI is InChI=1S/C20H26FN3O3/c1-11(2)7-12(3)20(26)24-10-13-8-15(24)14(13)9-23-19(25)18-17(21)16(27-4)5-6-22-18/h5-6,12-15H,1,7-10H2,2-4H3,(H,23,25)/t12?,13-,14+,15-/m0/s1. The summed E-state index contributed by atoms with van der Waals surface area (Å²) in [5.41, 5.74) is 0.725. The van der Waals surface area contributed by atoms with Crippen LogP contribution in [0.4, 0.5) is 4.39 Å². The molecule has 3 aliphatic rings. The van der Waals surface area contributed by atoms with Gasteiger partial charge in [0, 0.05) is 43.2 Å². The van der Waals surface area contributed by atoms with E-state index in [1.54, 1.807) is 0 Å². The van der Waals surface area contributed by atoms with E-state index in [0.717, 1.165) is 18.5 Å². The second-order valence-electron chi connectivity index (χ2n) is 7.67. The number of pyridine rings is 1. The van der Waals surface area contributed by atoms with Crippen molar-refractivity contribution in [1.29, 1.82) is 0 Å². The van der Waals surface area contributed by atoms with Crippen molar-refractivity contribution in [1.82, 2.24) is 15.2 Å². The van der Waals surface area contributed by atoms with Crippen molar-refractivity contribution in [3.8, 4) is 5.75 Å². The second-order valence-corrected chi connectivity index (χ2v) is 7.67. The smallest absolute Gasteiger partial charge is 0.273 e. The van der Waals surface area contributed by atoms with Crippen molar-refractivity contribution in [2.24, 2.45) is 17.8 Å². The summed E-state index contributed by atoms with van der Waals surface area (Å²) in [6.45, 7) is 8.88. The van der Waals surface area contributed by atoms with E-state index in [2.05, 4.69) is 16.9 Å². The highest BCUT2D eigenvalue weighted by molar-refractivity contribution is 5.93. The number of ether oxygens (including phenoxy) is 1. The van der Waals surface area contributed by atoms with E-state index in [1.165, 1.54) is 19.4 Å². The highest BCUT2D eigenvalue weighted by Gasteiger charge is 2.53. The molecule has 0 radical (unpaired) electrons. The van der Waals surface area contributed by atoms with Gasteiger partial charge < -0.3 is 15.0 Å². The van der Waals surface area contributed by atoms with E-state index >= 15 is 0 Å². The molecule has 3 heterocycles. The third-order valence-electron chi connectivity index (χ3n) is 5.62. The number of carbonyl (C=O) groups is 2. The Morgan fingerprint density at radius 3 is 2.93 bits per heavy atom. The largest absolute Gasteiger partial charge is 0.494 e. The maximum absolute atomic E-state index is 14.2. The lowest BCUT2D eigenvalue weighted by molar-refractivity contribution is -0.135. The first kappa shape index (κ1) is 19.3. The second kappa shape index (κ2) is 7.66. The average Bonchev–Trinajstić information content (AvgIpc) is 3.20. The summed E-state index contributed by atoms with van der Waals surface area (Å²) in [7, 11) is 1.34. The fourth-order valence-corrected chi connectivity index (χ4v) is 4.22. The molecule has 2 bridgehead atoms. The molecular formula is C20H26FN3O3. The van der Waals surface area contributed by atoms with Crippen molar-refractivity contribution in [2.45, 2.75) is 32.7 Å². The van der Waals surface area contributed by atoms with E-state index in [-0.39, 0.29) is 35.2 Å². The van der Waals surface area contributed by atoms with Crippen molar-refractivity contribution >= 4 is 11.8 Å². The number of carbonyl (C=O) groups excluding carboxylic acids is 2. The Labute approximate surface area is 158 Å². The molecule has 0 aromatic carbocycles. The maximum Gasteiger partial charge on any atom is 0.273 e. The number of nitrogens with zero attached hydrogens (tertiary/aromatic N) is 2. The van der Waals surface area contributed by atoms with Gasteiger partial charge in [-0.2, -0.15) is 0 Å². The lowest BCUT2D eigenvalue weighted by Crippen LogP contribution is -2.47. The van der Waals surface area contributed by atoms with Crippen LogP contribution in [0.15, 0.2) is 24.4 Å². The monoisotopic (exact) mass is 375 g/mol. The van der Waals surface area contributed by atoms with Crippen LogP contribution in [0.1, 0.15) is 37.2 Å². The predicted molar refractivity (Wildman–Crippen MR) is 98.8 cm³/mol. The van der Waals surface area contributed by atoms with Crippen LogP contribution in [0.2, 0.25) is 0 Å². The zero-order valence-corrected chi connectivity index (χ0v) is 16.0. The first-order valence-corrected chi connectivity index (χ1v) is 9.25. The van der Waals surface area contributed by atoms with Gasteiger partial charge in [0.2, 0.25) is 5.91 Å². The number of allylic oxidation sites excluding steroid dienone is 1. The zero-order chi connectivity index (χ0) is 19.7. The number of halogens is 1. The molecule has 1 aromatic rings. The van der Waals surface area contributed by atoms with Gasteiger partial charge >= 0.3 is 0 Å². The quantitative estimate of drug-likeness (QED) is 0.743. The molecule has 27 heavy (non-hydrogen) atoms. The number of rotatable bonds is 7. The van der Waals surface area contributed by atoms with Crippen molar-refractivity contribution in [2.75, 3.05) is 20.2 Å². The molecule has 2 amide bonds. The average molecular weight is 375 g/mol. The number of hydrogen-bond acceptors (Lipinski definition) is 4. The molecule has 3 fully saturated rings. The molecule has 1 unspecified atom stereocenters. The first-order valence-electron chi connectivity index (χ1n) is 9.25. The minimum Gasteiger partial charge on any atom is -0.494 e. The van der Waals surface area contributed by atoms with Crippen LogP contribution >= 0.6 is 0 Å². The van der Waals surface area contributed by atoms with Gasteiger partial charge in [-0.05, 0) is 25.7 Å². The summed E-state index contributed by atoms with van der Waals surface area (Å²) in [6, 6.07) is 1.52. The number of hydrogen-bond donors (Lipinski definition) is 1. The van der Waals surface area contributed by atoms with Gasteiger partial charge in [0.05, 0.1) is 7.11 Å². The van der Waals surface area contributed by atoms with Crippen LogP contribution in [-0.2, 0) is 4.79 Å². The Kier molecular flexibility index (Phi) is 5.48. The summed E-state index contributed by atoms with van der Waals surface area (Å²) in [5, 5.41) is 2.77. The fourth-order valence-electron chi connectivity index (χ4n) is 4.22. The molecule has 2 aliphatic heterocycles. The molecule has 0 spiro atoms.